The molecule has 0 unspecified atom stereocenters. The molecule has 1 aromatic rings. The number of hydrogen-bond donors (Lipinski definition) is 1. The minimum Gasteiger partial charge on any atom is -0.444 e. The predicted molar refractivity (Wildman–Crippen MR) is 76.9 cm³/mol. The van der Waals surface area contributed by atoms with Crippen LogP contribution in [0.2, 0.25) is 0 Å². The van der Waals surface area contributed by atoms with Gasteiger partial charge in [0, 0.05) is 13.5 Å². The third kappa shape index (κ3) is 6.04. The van der Waals surface area contributed by atoms with Crippen LogP contribution in [0.5, 0.6) is 0 Å². The Morgan fingerprint density at radius 1 is 1.38 bits per heavy atom. The first-order chi connectivity index (χ1) is 9.71. The van der Waals surface area contributed by atoms with Crippen molar-refractivity contribution >= 4 is 11.9 Å². The second-order valence-corrected chi connectivity index (χ2v) is 5.59. The van der Waals surface area contributed by atoms with Gasteiger partial charge in [0.05, 0.1) is 0 Å². The maximum atomic E-state index is 11.5. The van der Waals surface area contributed by atoms with Gasteiger partial charge in [-0.05, 0) is 44.9 Å². The number of nitriles is 1. The lowest BCUT2D eigenvalue weighted by molar-refractivity contribution is 0.0528. The summed E-state index contributed by atoms with van der Waals surface area (Å²) in [6, 6.07) is 5.14. The second-order valence-electron chi connectivity index (χ2n) is 5.59. The van der Waals surface area contributed by atoms with Crippen molar-refractivity contribution in [3.63, 3.8) is 0 Å². The van der Waals surface area contributed by atoms with Crippen LogP contribution in [0.3, 0.4) is 0 Å². The highest BCUT2D eigenvalue weighted by Crippen LogP contribution is 2.08. The van der Waals surface area contributed by atoms with E-state index in [0.29, 0.717) is 13.0 Å². The Balaban J connectivity index is 2.64. The van der Waals surface area contributed by atoms with Crippen LogP contribution in [0.25, 0.3) is 0 Å². The molecule has 0 aromatic carbocycles. The molecule has 112 valence electrons. The molecule has 6 nitrogen and oxygen atoms in total. The van der Waals surface area contributed by atoms with Gasteiger partial charge in [-0.2, -0.15) is 5.26 Å². The normalized spacial score (nSPS) is 10.6. The fourth-order valence-corrected chi connectivity index (χ4v) is 1.59. The second kappa shape index (κ2) is 6.84. The van der Waals surface area contributed by atoms with Crippen LogP contribution >= 0.6 is 0 Å². The molecule has 0 aliphatic carbocycles. The van der Waals surface area contributed by atoms with Crippen LogP contribution in [0.1, 0.15) is 49.4 Å². The average Bonchev–Trinajstić information content (AvgIpc) is 2.36. The molecular formula is C15H19N3O3. The highest BCUT2D eigenvalue weighted by atomic mass is 16.6. The molecule has 0 aliphatic rings. The van der Waals surface area contributed by atoms with Gasteiger partial charge in [0.25, 0.3) is 0 Å². The van der Waals surface area contributed by atoms with Crippen LogP contribution in [-0.4, -0.2) is 29.0 Å². The molecule has 1 amide bonds. The molecule has 0 fully saturated rings. The van der Waals surface area contributed by atoms with Crippen molar-refractivity contribution in [2.24, 2.45) is 0 Å². The van der Waals surface area contributed by atoms with Crippen molar-refractivity contribution in [2.75, 3.05) is 6.54 Å². The van der Waals surface area contributed by atoms with Crippen molar-refractivity contribution in [2.45, 2.75) is 39.7 Å². The van der Waals surface area contributed by atoms with Gasteiger partial charge in [-0.15, -0.1) is 0 Å². The van der Waals surface area contributed by atoms with Gasteiger partial charge in [-0.3, -0.25) is 4.79 Å². The van der Waals surface area contributed by atoms with Crippen LogP contribution in [0.15, 0.2) is 12.1 Å². The lowest BCUT2D eigenvalue weighted by Gasteiger charge is -2.19. The number of ether oxygens (including phenoxy) is 1. The molecule has 21 heavy (non-hydrogen) atoms. The van der Waals surface area contributed by atoms with Crippen molar-refractivity contribution in [1.29, 1.82) is 5.26 Å². The van der Waals surface area contributed by atoms with Gasteiger partial charge >= 0.3 is 6.09 Å². The monoisotopic (exact) mass is 289 g/mol. The Bertz CT molecular complexity index is 583. The van der Waals surface area contributed by atoms with E-state index in [4.69, 9.17) is 10.00 Å². The number of Topliss-reactive ketones (excluding diaryl/α,β-unsaturated/α-hetero) is 1. The van der Waals surface area contributed by atoms with Gasteiger partial charge in [0.1, 0.15) is 23.1 Å². The molecule has 1 N–H and O–H groups in total. The van der Waals surface area contributed by atoms with E-state index in [-0.39, 0.29) is 17.2 Å². The number of ketones is 1. The Kier molecular flexibility index (Phi) is 5.42. The molecule has 1 heterocycles. The van der Waals surface area contributed by atoms with Crippen LogP contribution < -0.4 is 5.32 Å². The van der Waals surface area contributed by atoms with E-state index < -0.39 is 11.7 Å². The average molecular weight is 289 g/mol. The van der Waals surface area contributed by atoms with Crippen LogP contribution in [0, 0.1) is 11.3 Å². The molecule has 0 atom stereocenters. The van der Waals surface area contributed by atoms with E-state index in [1.807, 2.05) is 6.07 Å². The first-order valence-corrected chi connectivity index (χ1v) is 6.60. The molecule has 0 saturated heterocycles. The van der Waals surface area contributed by atoms with Crippen LogP contribution in [0.4, 0.5) is 4.79 Å². The fourth-order valence-electron chi connectivity index (χ4n) is 1.59. The van der Waals surface area contributed by atoms with E-state index in [1.165, 1.54) is 6.92 Å². The number of aromatic nitrogens is 1. The number of carbonyl (C=O) groups is 2. The maximum Gasteiger partial charge on any atom is 0.407 e. The lowest BCUT2D eigenvalue weighted by atomic mass is 10.1. The number of nitrogens with zero attached hydrogens (tertiary/aromatic N) is 2. The van der Waals surface area contributed by atoms with Gasteiger partial charge in [-0.25, -0.2) is 9.78 Å². The summed E-state index contributed by atoms with van der Waals surface area (Å²) < 4.78 is 5.11. The Hall–Kier alpha value is -2.42. The minimum absolute atomic E-state index is 0.190. The number of nitrogens with one attached hydrogen (secondary N) is 1. The summed E-state index contributed by atoms with van der Waals surface area (Å²) in [6.45, 7) is 7.10. The first kappa shape index (κ1) is 16.6. The third-order valence-electron chi connectivity index (χ3n) is 2.44. The minimum atomic E-state index is -0.545. The highest BCUT2D eigenvalue weighted by molar-refractivity contribution is 5.92. The quantitative estimate of drug-likeness (QED) is 0.858. The van der Waals surface area contributed by atoms with Crippen LogP contribution in [-0.2, 0) is 11.2 Å². The zero-order valence-electron chi connectivity index (χ0n) is 12.7. The Labute approximate surface area is 124 Å². The summed E-state index contributed by atoms with van der Waals surface area (Å²) in [4.78, 5) is 26.8. The summed E-state index contributed by atoms with van der Waals surface area (Å²) in [7, 11) is 0. The Morgan fingerprint density at radius 3 is 2.57 bits per heavy atom. The van der Waals surface area contributed by atoms with Crippen molar-refractivity contribution in [3.05, 3.63) is 29.1 Å². The highest BCUT2D eigenvalue weighted by Gasteiger charge is 2.15. The van der Waals surface area contributed by atoms with Gasteiger partial charge in [0.15, 0.2) is 5.78 Å². The standard InChI is InChI=1S/C15H19N3O3/c1-10(19)13-8-11(7-12(9-16)18-13)5-6-17-14(20)21-15(2,3)4/h7-8H,5-6H2,1-4H3,(H,17,20). The first-order valence-electron chi connectivity index (χ1n) is 6.60. The number of hydrogen-bond acceptors (Lipinski definition) is 5. The number of rotatable bonds is 4. The van der Waals surface area contributed by atoms with E-state index in [9.17, 15) is 9.59 Å². The smallest absolute Gasteiger partial charge is 0.407 e. The summed E-state index contributed by atoms with van der Waals surface area (Å²) >= 11 is 0. The molecule has 6 heteroatoms. The van der Waals surface area contributed by atoms with E-state index in [1.54, 1.807) is 32.9 Å². The lowest BCUT2D eigenvalue weighted by Crippen LogP contribution is -2.33. The molecule has 0 spiro atoms. The van der Waals surface area contributed by atoms with E-state index in [2.05, 4.69) is 10.3 Å². The van der Waals surface area contributed by atoms with Gasteiger partial charge in [-0.1, -0.05) is 0 Å². The molecule has 0 bridgehead atoms. The molecule has 0 saturated carbocycles. The number of pyridine rings is 1. The predicted octanol–water partition coefficient (Wildman–Crippen LogP) is 2.22. The fraction of sp³-hybridized carbons (Fsp3) is 0.467. The molecular weight excluding hydrogens is 270 g/mol. The van der Waals surface area contributed by atoms with Crippen molar-refractivity contribution in [3.8, 4) is 6.07 Å². The summed E-state index contributed by atoms with van der Waals surface area (Å²) in [5.41, 5.74) is 0.662. The van der Waals surface area contributed by atoms with Gasteiger partial charge in [0.2, 0.25) is 0 Å². The molecule has 1 rings (SSSR count). The molecule has 1 aromatic heterocycles. The molecule has 0 aliphatic heterocycles. The summed E-state index contributed by atoms with van der Waals surface area (Å²) in [5.74, 6) is -0.201. The molecule has 0 radical (unpaired) electrons. The number of carbonyl (C=O) groups excluding carboxylic acids is 2. The topological polar surface area (TPSA) is 92.1 Å². The summed E-state index contributed by atoms with van der Waals surface area (Å²) in [5, 5.41) is 11.5. The van der Waals surface area contributed by atoms with Crippen molar-refractivity contribution in [1.82, 2.24) is 10.3 Å². The largest absolute Gasteiger partial charge is 0.444 e. The number of amides is 1. The SMILES string of the molecule is CC(=O)c1cc(CCNC(=O)OC(C)(C)C)cc(C#N)n1. The third-order valence-corrected chi connectivity index (χ3v) is 2.44. The van der Waals surface area contributed by atoms with Crippen molar-refractivity contribution < 1.29 is 14.3 Å². The zero-order chi connectivity index (χ0) is 16.0. The number of alkyl carbamates (subject to hydrolysis) is 1. The Morgan fingerprint density at radius 2 is 2.05 bits per heavy atom. The zero-order valence-corrected chi connectivity index (χ0v) is 12.7. The van der Waals surface area contributed by atoms with E-state index in [0.717, 1.165) is 5.56 Å². The summed E-state index contributed by atoms with van der Waals surface area (Å²) in [6.07, 6.45) is -0.0136. The van der Waals surface area contributed by atoms with E-state index >= 15 is 0 Å². The maximum absolute atomic E-state index is 11.5. The van der Waals surface area contributed by atoms with Gasteiger partial charge < -0.3 is 10.1 Å².